The molecule has 4 aliphatic rings. The van der Waals surface area contributed by atoms with Crippen molar-refractivity contribution in [3.63, 3.8) is 0 Å². The molecule has 4 rings (SSSR count). The second kappa shape index (κ2) is 1.77. The normalized spacial score (nSPS) is 52.2. The highest BCUT2D eigenvalue weighted by Gasteiger charge is 2.47. The maximum atomic E-state index is 11.3. The summed E-state index contributed by atoms with van der Waals surface area (Å²) >= 11 is 0. The molecular formula is C10H12O. The lowest BCUT2D eigenvalue weighted by molar-refractivity contribution is -0.131. The average Bonchev–Trinajstić information content (AvgIpc) is 2.32. The highest BCUT2D eigenvalue weighted by atomic mass is 16.1. The molecule has 0 heterocycles. The zero-order chi connectivity index (χ0) is 7.42. The Morgan fingerprint density at radius 1 is 1.18 bits per heavy atom. The monoisotopic (exact) mass is 148 g/mol. The Kier molecular flexibility index (Phi) is 0.961. The zero-order valence-electron chi connectivity index (χ0n) is 6.49. The van der Waals surface area contributed by atoms with Crippen molar-refractivity contribution in [1.82, 2.24) is 0 Å². The summed E-state index contributed by atoms with van der Waals surface area (Å²) in [6.07, 6.45) is 7.91. The largest absolute Gasteiger partial charge is 0.299 e. The van der Waals surface area contributed by atoms with Crippen LogP contribution >= 0.6 is 0 Å². The molecule has 0 spiro atoms. The van der Waals surface area contributed by atoms with Gasteiger partial charge in [-0.3, -0.25) is 4.79 Å². The van der Waals surface area contributed by atoms with E-state index < -0.39 is 0 Å². The van der Waals surface area contributed by atoms with Gasteiger partial charge in [0.05, 0.1) is 0 Å². The molecule has 1 nitrogen and oxygen atoms in total. The SMILES string of the molecule is O=C1CC2C3C=CC2CC1C3. The third kappa shape index (κ3) is 0.640. The van der Waals surface area contributed by atoms with E-state index in [1.165, 1.54) is 0 Å². The van der Waals surface area contributed by atoms with Crippen LogP contribution in [0.1, 0.15) is 19.3 Å². The van der Waals surface area contributed by atoms with Crippen LogP contribution in [-0.2, 0) is 4.79 Å². The predicted molar refractivity (Wildman–Crippen MR) is 42.0 cm³/mol. The van der Waals surface area contributed by atoms with Crippen molar-refractivity contribution in [3.05, 3.63) is 12.2 Å². The van der Waals surface area contributed by atoms with Gasteiger partial charge in [-0.25, -0.2) is 0 Å². The first-order valence-electron chi connectivity index (χ1n) is 4.55. The van der Waals surface area contributed by atoms with Crippen molar-refractivity contribution in [3.8, 4) is 0 Å². The minimum Gasteiger partial charge on any atom is -0.299 e. The first-order valence-corrected chi connectivity index (χ1v) is 4.55. The Morgan fingerprint density at radius 3 is 2.36 bits per heavy atom. The lowest BCUT2D eigenvalue weighted by Crippen LogP contribution is -2.39. The average molecular weight is 148 g/mol. The Bertz CT molecular complexity index is 225. The van der Waals surface area contributed by atoms with Gasteiger partial charge in [0.15, 0.2) is 0 Å². The summed E-state index contributed by atoms with van der Waals surface area (Å²) in [6, 6.07) is 0. The Hall–Kier alpha value is -0.590. The summed E-state index contributed by atoms with van der Waals surface area (Å²) in [5.41, 5.74) is 0. The number of carbonyl (C=O) groups excluding carboxylic acids is 1. The van der Waals surface area contributed by atoms with Gasteiger partial charge < -0.3 is 0 Å². The van der Waals surface area contributed by atoms with E-state index in [-0.39, 0.29) is 0 Å². The summed E-state index contributed by atoms with van der Waals surface area (Å²) in [5, 5.41) is 0. The topological polar surface area (TPSA) is 17.1 Å². The number of ketones is 1. The van der Waals surface area contributed by atoms with Crippen molar-refractivity contribution in [2.24, 2.45) is 23.7 Å². The highest BCUT2D eigenvalue weighted by molar-refractivity contribution is 5.83. The van der Waals surface area contributed by atoms with Crippen LogP contribution in [0.15, 0.2) is 12.2 Å². The third-order valence-electron chi connectivity index (χ3n) is 3.71. The zero-order valence-corrected chi connectivity index (χ0v) is 6.49. The number of rotatable bonds is 0. The van der Waals surface area contributed by atoms with Gasteiger partial charge in [-0.05, 0) is 30.6 Å². The Balaban J connectivity index is 2.01. The fourth-order valence-electron chi connectivity index (χ4n) is 3.11. The van der Waals surface area contributed by atoms with Crippen LogP contribution in [0, 0.1) is 23.7 Å². The fraction of sp³-hybridized carbons (Fsp3) is 0.700. The summed E-state index contributed by atoms with van der Waals surface area (Å²) in [4.78, 5) is 11.3. The molecule has 2 unspecified atom stereocenters. The molecule has 0 aromatic carbocycles. The van der Waals surface area contributed by atoms with Gasteiger partial charge in [0.1, 0.15) is 5.78 Å². The summed E-state index contributed by atoms with van der Waals surface area (Å²) in [7, 11) is 0. The Morgan fingerprint density at radius 2 is 1.82 bits per heavy atom. The van der Waals surface area contributed by atoms with Gasteiger partial charge in [0.25, 0.3) is 0 Å². The van der Waals surface area contributed by atoms with E-state index in [1.54, 1.807) is 0 Å². The molecule has 2 atom stereocenters. The van der Waals surface area contributed by atoms with Crippen LogP contribution in [0.5, 0.6) is 0 Å². The molecule has 0 aromatic rings. The molecule has 4 bridgehead atoms. The molecule has 0 aromatic heterocycles. The van der Waals surface area contributed by atoms with E-state index in [0.717, 1.165) is 31.1 Å². The molecule has 3 fully saturated rings. The molecule has 0 aliphatic heterocycles. The molecule has 1 heteroatoms. The van der Waals surface area contributed by atoms with Crippen LogP contribution in [0.4, 0.5) is 0 Å². The second-order valence-corrected chi connectivity index (χ2v) is 4.22. The first kappa shape index (κ1) is 5.99. The summed E-state index contributed by atoms with van der Waals surface area (Å²) in [5.74, 6) is 3.25. The van der Waals surface area contributed by atoms with Crippen LogP contribution in [0.3, 0.4) is 0 Å². The van der Waals surface area contributed by atoms with Gasteiger partial charge in [0.2, 0.25) is 0 Å². The second-order valence-electron chi connectivity index (χ2n) is 4.22. The highest BCUT2D eigenvalue weighted by Crippen LogP contribution is 2.51. The molecule has 58 valence electrons. The van der Waals surface area contributed by atoms with Gasteiger partial charge >= 0.3 is 0 Å². The van der Waals surface area contributed by atoms with E-state index in [1.807, 2.05) is 0 Å². The van der Waals surface area contributed by atoms with E-state index >= 15 is 0 Å². The van der Waals surface area contributed by atoms with Crippen LogP contribution in [0.25, 0.3) is 0 Å². The number of allylic oxidation sites excluding steroid dienone is 2. The minimum absolute atomic E-state index is 0.435. The van der Waals surface area contributed by atoms with Gasteiger partial charge in [-0.2, -0.15) is 0 Å². The number of hydrogen-bond donors (Lipinski definition) is 0. The maximum Gasteiger partial charge on any atom is 0.136 e. The minimum atomic E-state index is 0.435. The molecule has 11 heavy (non-hydrogen) atoms. The van der Waals surface area contributed by atoms with E-state index in [0.29, 0.717) is 17.6 Å². The van der Waals surface area contributed by atoms with E-state index in [4.69, 9.17) is 0 Å². The summed E-state index contributed by atoms with van der Waals surface area (Å²) in [6.45, 7) is 0. The molecule has 0 N–H and O–H groups in total. The standard InChI is InChI=1S/C10H12O/c11-10-5-9-6-1-2-7(9)4-8(10)3-6/h1-2,6-9H,3-5H2. The number of hydrogen-bond acceptors (Lipinski definition) is 1. The molecule has 0 amide bonds. The number of fused-ring (bicyclic) bond motifs is 1. The van der Waals surface area contributed by atoms with Gasteiger partial charge in [-0.1, -0.05) is 12.2 Å². The van der Waals surface area contributed by atoms with Crippen LogP contribution in [0.2, 0.25) is 0 Å². The molecular weight excluding hydrogens is 136 g/mol. The quantitative estimate of drug-likeness (QED) is 0.479. The van der Waals surface area contributed by atoms with Crippen molar-refractivity contribution < 1.29 is 4.79 Å². The summed E-state index contributed by atoms with van der Waals surface area (Å²) < 4.78 is 0. The number of Topliss-reactive ketones (excluding diaryl/α,β-unsaturated/α-hetero) is 1. The number of carbonyl (C=O) groups is 1. The lowest BCUT2D eigenvalue weighted by atomic mass is 9.62. The van der Waals surface area contributed by atoms with Crippen molar-refractivity contribution in [1.29, 1.82) is 0 Å². The van der Waals surface area contributed by atoms with Crippen LogP contribution < -0.4 is 0 Å². The molecule has 3 saturated carbocycles. The fourth-order valence-corrected chi connectivity index (χ4v) is 3.11. The maximum absolute atomic E-state index is 11.3. The Labute approximate surface area is 66.5 Å². The first-order chi connectivity index (χ1) is 5.34. The van der Waals surface area contributed by atoms with Gasteiger partial charge in [-0.15, -0.1) is 0 Å². The van der Waals surface area contributed by atoms with Crippen molar-refractivity contribution in [2.75, 3.05) is 0 Å². The predicted octanol–water partition coefficient (Wildman–Crippen LogP) is 1.79. The lowest BCUT2D eigenvalue weighted by Gasteiger charge is -2.40. The third-order valence-corrected chi connectivity index (χ3v) is 3.71. The smallest absolute Gasteiger partial charge is 0.136 e. The van der Waals surface area contributed by atoms with E-state index in [2.05, 4.69) is 12.2 Å². The van der Waals surface area contributed by atoms with Crippen molar-refractivity contribution >= 4 is 5.78 Å². The van der Waals surface area contributed by atoms with E-state index in [9.17, 15) is 4.79 Å². The van der Waals surface area contributed by atoms with Crippen molar-refractivity contribution in [2.45, 2.75) is 19.3 Å². The van der Waals surface area contributed by atoms with Crippen LogP contribution in [-0.4, -0.2) is 5.78 Å². The molecule has 4 aliphatic carbocycles. The van der Waals surface area contributed by atoms with Gasteiger partial charge in [0, 0.05) is 12.3 Å². The molecule has 0 radical (unpaired) electrons. The molecule has 0 saturated heterocycles.